The highest BCUT2D eigenvalue weighted by Gasteiger charge is 2.35. The molecule has 0 saturated heterocycles. The first-order chi connectivity index (χ1) is 20.9. The van der Waals surface area contributed by atoms with Crippen LogP contribution >= 0.6 is 23.1 Å². The minimum absolute atomic E-state index is 0.182. The molecule has 3 aromatic carbocycles. The lowest BCUT2D eigenvalue weighted by Crippen LogP contribution is -2.40. The van der Waals surface area contributed by atoms with Crippen molar-refractivity contribution >= 4 is 46.8 Å². The van der Waals surface area contributed by atoms with Crippen LogP contribution in [0.2, 0.25) is 0 Å². The van der Waals surface area contributed by atoms with Crippen molar-refractivity contribution < 1.29 is 23.8 Å². The van der Waals surface area contributed by atoms with Crippen molar-refractivity contribution in [1.82, 2.24) is 4.57 Å². The van der Waals surface area contributed by atoms with Gasteiger partial charge in [0, 0.05) is 10.5 Å². The molecule has 4 aromatic rings. The predicted octanol–water partition coefficient (Wildman–Crippen LogP) is 4.60. The molecule has 2 heterocycles. The first-order valence-electron chi connectivity index (χ1n) is 13.7. The van der Waals surface area contributed by atoms with Gasteiger partial charge in [0.25, 0.3) is 5.56 Å². The van der Waals surface area contributed by atoms with Crippen molar-refractivity contribution in [3.63, 3.8) is 0 Å². The minimum Gasteiger partial charge on any atom is -0.482 e. The molecule has 0 saturated carbocycles. The van der Waals surface area contributed by atoms with Gasteiger partial charge >= 0.3 is 11.9 Å². The van der Waals surface area contributed by atoms with Gasteiger partial charge in [0.05, 0.1) is 35.1 Å². The SMILES string of the molecule is CCOC(=O)COc1cccc(/C=c2\sc3n(c2=O)[C@H](c2ccc(SC)cc2)C(C(=O)OCC)=C(c2ccccc2)N=3)c1. The number of esters is 2. The Morgan fingerprint density at radius 1 is 0.977 bits per heavy atom. The largest absolute Gasteiger partial charge is 0.482 e. The third-order valence-electron chi connectivity index (χ3n) is 6.62. The van der Waals surface area contributed by atoms with Crippen LogP contribution in [-0.4, -0.2) is 42.6 Å². The second kappa shape index (κ2) is 13.7. The van der Waals surface area contributed by atoms with Gasteiger partial charge in [-0.2, -0.15) is 0 Å². The number of thiazole rings is 1. The van der Waals surface area contributed by atoms with Gasteiger partial charge in [0.15, 0.2) is 11.4 Å². The second-order valence-corrected chi connectivity index (χ2v) is 11.3. The highest BCUT2D eigenvalue weighted by molar-refractivity contribution is 7.98. The van der Waals surface area contributed by atoms with E-state index in [0.29, 0.717) is 31.9 Å². The Bertz CT molecular complexity index is 1840. The maximum absolute atomic E-state index is 14.1. The highest BCUT2D eigenvalue weighted by Crippen LogP contribution is 2.35. The maximum Gasteiger partial charge on any atom is 0.344 e. The van der Waals surface area contributed by atoms with Crippen LogP contribution < -0.4 is 19.6 Å². The number of hydrogen-bond acceptors (Lipinski definition) is 9. The Morgan fingerprint density at radius 3 is 2.42 bits per heavy atom. The Labute approximate surface area is 257 Å². The van der Waals surface area contributed by atoms with E-state index in [1.807, 2.05) is 66.9 Å². The fourth-order valence-corrected chi connectivity index (χ4v) is 6.14. The van der Waals surface area contributed by atoms with Crippen LogP contribution in [0.1, 0.15) is 36.6 Å². The predicted molar refractivity (Wildman–Crippen MR) is 168 cm³/mol. The van der Waals surface area contributed by atoms with E-state index in [0.717, 1.165) is 16.0 Å². The smallest absolute Gasteiger partial charge is 0.344 e. The maximum atomic E-state index is 14.1. The topological polar surface area (TPSA) is 96.2 Å². The summed E-state index contributed by atoms with van der Waals surface area (Å²) >= 11 is 2.85. The number of benzene rings is 3. The molecular formula is C33H30N2O6S2. The average molecular weight is 615 g/mol. The summed E-state index contributed by atoms with van der Waals surface area (Å²) in [7, 11) is 0. The zero-order chi connectivity index (χ0) is 30.3. The molecular weight excluding hydrogens is 585 g/mol. The second-order valence-electron chi connectivity index (χ2n) is 9.37. The minimum atomic E-state index is -0.747. The van der Waals surface area contributed by atoms with Crippen LogP contribution in [0.3, 0.4) is 0 Å². The van der Waals surface area contributed by atoms with Crippen molar-refractivity contribution in [2.75, 3.05) is 26.1 Å². The van der Waals surface area contributed by atoms with E-state index in [4.69, 9.17) is 19.2 Å². The summed E-state index contributed by atoms with van der Waals surface area (Å²) in [6.45, 7) is 3.73. The number of hydrogen-bond donors (Lipinski definition) is 0. The quantitative estimate of drug-likeness (QED) is 0.190. The van der Waals surface area contributed by atoms with Crippen LogP contribution in [0.4, 0.5) is 0 Å². The molecule has 1 aliphatic rings. The summed E-state index contributed by atoms with van der Waals surface area (Å²) in [4.78, 5) is 45.8. The standard InChI is InChI=1S/C33H30N2O6S2/c1-4-39-27(36)20-41-24-13-9-10-21(18-24)19-26-31(37)35-30(23-14-16-25(42-3)17-15-23)28(32(38)40-5-2)29(34-33(35)43-26)22-11-7-6-8-12-22/h6-19,30H,4-5,20H2,1-3H3/b26-19-/t30-/m1/s1. The summed E-state index contributed by atoms with van der Waals surface area (Å²) in [5.74, 6) is -0.513. The van der Waals surface area contributed by atoms with Gasteiger partial charge in [0.2, 0.25) is 0 Å². The monoisotopic (exact) mass is 614 g/mol. The molecule has 0 spiro atoms. The zero-order valence-electron chi connectivity index (χ0n) is 23.9. The van der Waals surface area contributed by atoms with E-state index in [9.17, 15) is 14.4 Å². The Hall–Kier alpha value is -4.41. The summed E-state index contributed by atoms with van der Waals surface area (Å²) in [6, 6.07) is 23.6. The molecule has 0 amide bonds. The van der Waals surface area contributed by atoms with Crippen molar-refractivity contribution in [3.8, 4) is 5.75 Å². The summed E-state index contributed by atoms with van der Waals surface area (Å²) in [5.41, 5.74) is 2.72. The molecule has 0 fully saturated rings. The fraction of sp³-hybridized carbons (Fsp3) is 0.212. The lowest BCUT2D eigenvalue weighted by Gasteiger charge is -2.26. The van der Waals surface area contributed by atoms with Gasteiger partial charge in [-0.05, 0) is 61.6 Å². The van der Waals surface area contributed by atoms with Crippen LogP contribution in [0.5, 0.6) is 5.75 Å². The molecule has 1 aliphatic heterocycles. The molecule has 0 unspecified atom stereocenters. The van der Waals surface area contributed by atoms with E-state index in [-0.39, 0.29) is 25.4 Å². The van der Waals surface area contributed by atoms with Crippen LogP contribution in [0.15, 0.2) is 99.1 Å². The Kier molecular flexibility index (Phi) is 9.58. The lowest BCUT2D eigenvalue weighted by molar-refractivity contribution is -0.145. The summed E-state index contributed by atoms with van der Waals surface area (Å²) in [5, 5.41) is 0. The van der Waals surface area contributed by atoms with E-state index >= 15 is 0 Å². The van der Waals surface area contributed by atoms with Gasteiger partial charge in [0.1, 0.15) is 5.75 Å². The van der Waals surface area contributed by atoms with Crippen LogP contribution in [0, 0.1) is 0 Å². The number of carbonyl (C=O) groups is 2. The van der Waals surface area contributed by atoms with Gasteiger partial charge in [-0.15, -0.1) is 11.8 Å². The molecule has 8 nitrogen and oxygen atoms in total. The fourth-order valence-electron chi connectivity index (χ4n) is 4.73. The van der Waals surface area contributed by atoms with Gasteiger partial charge in [-0.3, -0.25) is 9.36 Å². The molecule has 0 bridgehead atoms. The van der Waals surface area contributed by atoms with Gasteiger partial charge in [-0.25, -0.2) is 14.6 Å². The Morgan fingerprint density at radius 2 is 1.72 bits per heavy atom. The number of aromatic nitrogens is 1. The number of fused-ring (bicyclic) bond motifs is 1. The molecule has 0 N–H and O–H groups in total. The molecule has 220 valence electrons. The first-order valence-corrected chi connectivity index (χ1v) is 15.8. The van der Waals surface area contributed by atoms with Crippen LogP contribution in [0.25, 0.3) is 11.8 Å². The van der Waals surface area contributed by atoms with Gasteiger partial charge in [-0.1, -0.05) is 65.9 Å². The molecule has 1 aromatic heterocycles. The van der Waals surface area contributed by atoms with Crippen molar-refractivity contribution in [3.05, 3.63) is 121 Å². The third-order valence-corrected chi connectivity index (χ3v) is 8.35. The summed E-state index contributed by atoms with van der Waals surface area (Å²) < 4.78 is 18.0. The van der Waals surface area contributed by atoms with Crippen LogP contribution in [-0.2, 0) is 19.1 Å². The number of thioether (sulfide) groups is 1. The normalized spacial score (nSPS) is 14.6. The van der Waals surface area contributed by atoms with Gasteiger partial charge < -0.3 is 14.2 Å². The van der Waals surface area contributed by atoms with E-state index in [1.165, 1.54) is 11.3 Å². The van der Waals surface area contributed by atoms with E-state index in [2.05, 4.69) is 0 Å². The van der Waals surface area contributed by atoms with Crippen molar-refractivity contribution in [1.29, 1.82) is 0 Å². The Balaban J connectivity index is 1.67. The molecule has 1 atom stereocenters. The van der Waals surface area contributed by atoms with E-state index in [1.54, 1.807) is 54.5 Å². The number of nitrogens with zero attached hydrogens (tertiary/aromatic N) is 2. The highest BCUT2D eigenvalue weighted by atomic mass is 32.2. The lowest BCUT2D eigenvalue weighted by atomic mass is 9.93. The van der Waals surface area contributed by atoms with Crippen molar-refractivity contribution in [2.24, 2.45) is 4.99 Å². The average Bonchev–Trinajstić information content (AvgIpc) is 3.34. The molecule has 0 radical (unpaired) electrons. The number of carbonyl (C=O) groups excluding carboxylic acids is 2. The molecule has 43 heavy (non-hydrogen) atoms. The first kappa shape index (κ1) is 30.1. The number of ether oxygens (including phenoxy) is 3. The molecule has 10 heteroatoms. The molecule has 0 aliphatic carbocycles. The summed E-state index contributed by atoms with van der Waals surface area (Å²) in [6.07, 6.45) is 3.75. The zero-order valence-corrected chi connectivity index (χ0v) is 25.6. The van der Waals surface area contributed by atoms with Crippen molar-refractivity contribution in [2.45, 2.75) is 24.8 Å². The molecule has 5 rings (SSSR count). The van der Waals surface area contributed by atoms with E-state index < -0.39 is 18.0 Å². The number of rotatable bonds is 10. The third kappa shape index (κ3) is 6.65.